The summed E-state index contributed by atoms with van der Waals surface area (Å²) in [6, 6.07) is 5.40. The highest BCUT2D eigenvalue weighted by molar-refractivity contribution is 6.35. The fourth-order valence-corrected chi connectivity index (χ4v) is 2.28. The molecule has 2 rings (SSSR count). The average molecular weight is 244 g/mol. The smallest absolute Gasteiger partial charge is 0.223 e. The van der Waals surface area contributed by atoms with Crippen LogP contribution in [0.3, 0.4) is 0 Å². The lowest BCUT2D eigenvalue weighted by Crippen LogP contribution is -2.20. The molecule has 1 unspecified atom stereocenters. The highest BCUT2D eigenvalue weighted by Crippen LogP contribution is 2.25. The molecule has 0 spiro atoms. The Morgan fingerprint density at radius 2 is 2.20 bits per heavy atom. The van der Waals surface area contributed by atoms with Crippen LogP contribution in [0.2, 0.25) is 10.0 Å². The summed E-state index contributed by atoms with van der Waals surface area (Å²) in [5, 5.41) is 4.08. The third-order valence-corrected chi connectivity index (χ3v) is 3.23. The van der Waals surface area contributed by atoms with E-state index in [1.54, 1.807) is 12.1 Å². The van der Waals surface area contributed by atoms with Gasteiger partial charge in [-0.05, 0) is 30.5 Å². The van der Waals surface area contributed by atoms with E-state index in [0.717, 1.165) is 18.5 Å². The summed E-state index contributed by atoms with van der Waals surface area (Å²) in [5.74, 6) is 0.185. The second-order valence-corrected chi connectivity index (χ2v) is 4.56. The van der Waals surface area contributed by atoms with Crippen LogP contribution in [0.15, 0.2) is 18.2 Å². The van der Waals surface area contributed by atoms with Gasteiger partial charge in [0.05, 0.1) is 0 Å². The molecule has 0 saturated carbocycles. The Kier molecular flexibility index (Phi) is 3.17. The maximum atomic E-state index is 11.4. The molecule has 1 aliphatic heterocycles. The standard InChI is InChI=1S/C11H11Cl2NO/c12-9-2-1-7(10(13)6-9)5-8-3-4-14-11(8)15/h1-2,6,8H,3-5H2,(H,14,15). The van der Waals surface area contributed by atoms with E-state index in [0.29, 0.717) is 16.5 Å². The van der Waals surface area contributed by atoms with Crippen LogP contribution >= 0.6 is 23.2 Å². The minimum atomic E-state index is 0.0590. The van der Waals surface area contributed by atoms with Crippen LogP contribution in [0.25, 0.3) is 0 Å². The Labute approximate surface area is 98.6 Å². The normalized spacial score (nSPS) is 20.4. The van der Waals surface area contributed by atoms with Gasteiger partial charge in [-0.25, -0.2) is 0 Å². The topological polar surface area (TPSA) is 29.1 Å². The van der Waals surface area contributed by atoms with Gasteiger partial charge in [0.15, 0.2) is 0 Å². The lowest BCUT2D eigenvalue weighted by molar-refractivity contribution is -0.122. The Morgan fingerprint density at radius 1 is 1.40 bits per heavy atom. The van der Waals surface area contributed by atoms with Gasteiger partial charge in [0.25, 0.3) is 0 Å². The lowest BCUT2D eigenvalue weighted by atomic mass is 9.98. The minimum absolute atomic E-state index is 0.0590. The van der Waals surface area contributed by atoms with Crippen molar-refractivity contribution in [2.45, 2.75) is 12.8 Å². The van der Waals surface area contributed by atoms with Crippen molar-refractivity contribution in [2.24, 2.45) is 5.92 Å². The van der Waals surface area contributed by atoms with Crippen molar-refractivity contribution in [1.29, 1.82) is 0 Å². The molecule has 0 aliphatic carbocycles. The summed E-state index contributed by atoms with van der Waals surface area (Å²) in [5.41, 5.74) is 0.989. The second kappa shape index (κ2) is 4.42. The number of hydrogen-bond donors (Lipinski definition) is 1. The number of halogens is 2. The van der Waals surface area contributed by atoms with Gasteiger partial charge in [0.2, 0.25) is 5.91 Å². The fourth-order valence-electron chi connectivity index (χ4n) is 1.79. The number of carbonyl (C=O) groups excluding carboxylic acids is 1. The first-order valence-electron chi connectivity index (χ1n) is 4.88. The molecule has 0 radical (unpaired) electrons. The highest BCUT2D eigenvalue weighted by Gasteiger charge is 2.24. The van der Waals surface area contributed by atoms with Gasteiger partial charge in [-0.3, -0.25) is 4.79 Å². The van der Waals surface area contributed by atoms with Crippen LogP contribution in [0, 0.1) is 5.92 Å². The molecule has 1 saturated heterocycles. The van der Waals surface area contributed by atoms with E-state index in [9.17, 15) is 4.79 Å². The van der Waals surface area contributed by atoms with Crippen molar-refractivity contribution >= 4 is 29.1 Å². The molecule has 80 valence electrons. The van der Waals surface area contributed by atoms with Crippen molar-refractivity contribution in [2.75, 3.05) is 6.54 Å². The van der Waals surface area contributed by atoms with Crippen molar-refractivity contribution in [3.8, 4) is 0 Å². The van der Waals surface area contributed by atoms with Crippen molar-refractivity contribution in [3.63, 3.8) is 0 Å². The molecular formula is C11H11Cl2NO. The molecule has 1 amide bonds. The van der Waals surface area contributed by atoms with E-state index in [-0.39, 0.29) is 11.8 Å². The van der Waals surface area contributed by atoms with Gasteiger partial charge < -0.3 is 5.32 Å². The summed E-state index contributed by atoms with van der Waals surface area (Å²) in [6.07, 6.45) is 1.58. The zero-order chi connectivity index (χ0) is 10.8. The molecule has 1 fully saturated rings. The van der Waals surface area contributed by atoms with Gasteiger partial charge in [-0.2, -0.15) is 0 Å². The molecular weight excluding hydrogens is 233 g/mol. The van der Waals surface area contributed by atoms with Gasteiger partial charge >= 0.3 is 0 Å². The fraction of sp³-hybridized carbons (Fsp3) is 0.364. The molecule has 1 atom stereocenters. The van der Waals surface area contributed by atoms with Gasteiger partial charge in [0.1, 0.15) is 0 Å². The molecule has 1 aromatic rings. The number of hydrogen-bond acceptors (Lipinski definition) is 1. The van der Waals surface area contributed by atoms with E-state index in [2.05, 4.69) is 5.32 Å². The predicted molar refractivity (Wildman–Crippen MR) is 61.3 cm³/mol. The number of carbonyl (C=O) groups is 1. The zero-order valence-corrected chi connectivity index (χ0v) is 9.61. The number of benzene rings is 1. The van der Waals surface area contributed by atoms with Crippen molar-refractivity contribution in [1.82, 2.24) is 5.32 Å². The minimum Gasteiger partial charge on any atom is -0.356 e. The van der Waals surface area contributed by atoms with Crippen LogP contribution in [0.4, 0.5) is 0 Å². The number of nitrogens with one attached hydrogen (secondary N) is 1. The molecule has 4 heteroatoms. The number of rotatable bonds is 2. The maximum Gasteiger partial charge on any atom is 0.223 e. The van der Waals surface area contributed by atoms with Crippen LogP contribution in [-0.2, 0) is 11.2 Å². The summed E-state index contributed by atoms with van der Waals surface area (Å²) in [6.45, 7) is 0.773. The van der Waals surface area contributed by atoms with Crippen molar-refractivity contribution < 1.29 is 4.79 Å². The monoisotopic (exact) mass is 243 g/mol. The van der Waals surface area contributed by atoms with Gasteiger partial charge in [-0.15, -0.1) is 0 Å². The van der Waals surface area contributed by atoms with Crippen LogP contribution in [0.1, 0.15) is 12.0 Å². The first-order valence-corrected chi connectivity index (χ1v) is 5.64. The third kappa shape index (κ3) is 2.44. The quantitative estimate of drug-likeness (QED) is 0.851. The van der Waals surface area contributed by atoms with E-state index in [1.807, 2.05) is 6.07 Å². The van der Waals surface area contributed by atoms with Crippen LogP contribution in [-0.4, -0.2) is 12.5 Å². The largest absolute Gasteiger partial charge is 0.356 e. The average Bonchev–Trinajstić information content (AvgIpc) is 2.57. The number of amides is 1. The van der Waals surface area contributed by atoms with E-state index in [4.69, 9.17) is 23.2 Å². The Hall–Kier alpha value is -0.730. The van der Waals surface area contributed by atoms with Crippen LogP contribution in [0.5, 0.6) is 0 Å². The SMILES string of the molecule is O=C1NCCC1Cc1ccc(Cl)cc1Cl. The van der Waals surface area contributed by atoms with Crippen molar-refractivity contribution in [3.05, 3.63) is 33.8 Å². The first-order chi connectivity index (χ1) is 7.16. The lowest BCUT2D eigenvalue weighted by Gasteiger charge is -2.08. The maximum absolute atomic E-state index is 11.4. The Morgan fingerprint density at radius 3 is 2.80 bits per heavy atom. The molecule has 1 heterocycles. The Bertz CT molecular complexity index is 392. The third-order valence-electron chi connectivity index (χ3n) is 2.64. The second-order valence-electron chi connectivity index (χ2n) is 3.72. The van der Waals surface area contributed by atoms with E-state index in [1.165, 1.54) is 0 Å². The molecule has 2 nitrogen and oxygen atoms in total. The molecule has 1 aromatic carbocycles. The highest BCUT2D eigenvalue weighted by atomic mass is 35.5. The molecule has 0 bridgehead atoms. The van der Waals surface area contributed by atoms with E-state index >= 15 is 0 Å². The first kappa shape index (κ1) is 10.8. The summed E-state index contributed by atoms with van der Waals surface area (Å²) >= 11 is 11.8. The van der Waals surface area contributed by atoms with Gasteiger partial charge in [0, 0.05) is 22.5 Å². The molecule has 15 heavy (non-hydrogen) atoms. The summed E-state index contributed by atoms with van der Waals surface area (Å²) in [4.78, 5) is 11.4. The van der Waals surface area contributed by atoms with Gasteiger partial charge in [-0.1, -0.05) is 29.3 Å². The predicted octanol–water partition coefficient (Wildman–Crippen LogP) is 2.67. The Balaban J connectivity index is 2.13. The molecule has 1 N–H and O–H groups in total. The molecule has 0 aromatic heterocycles. The molecule has 1 aliphatic rings. The zero-order valence-electron chi connectivity index (χ0n) is 8.09. The summed E-state index contributed by atoms with van der Waals surface area (Å²) < 4.78 is 0. The van der Waals surface area contributed by atoms with Crippen LogP contribution < -0.4 is 5.32 Å². The summed E-state index contributed by atoms with van der Waals surface area (Å²) in [7, 11) is 0. The van der Waals surface area contributed by atoms with E-state index < -0.39 is 0 Å².